The molecule has 0 N–H and O–H groups in total. The predicted octanol–water partition coefficient (Wildman–Crippen LogP) is 1.87. The van der Waals surface area contributed by atoms with Crippen LogP contribution in [0.25, 0.3) is 0 Å². The van der Waals surface area contributed by atoms with Crippen LogP contribution in [-0.4, -0.2) is 9.97 Å². The quantitative estimate of drug-likeness (QED) is 0.685. The van der Waals surface area contributed by atoms with Crippen molar-refractivity contribution in [3.8, 4) is 0 Å². The number of pyridine rings is 2. The maximum Gasteiger partial charge on any atom is 0.0469 e. The van der Waals surface area contributed by atoms with Crippen LogP contribution >= 0.6 is 0 Å². The van der Waals surface area contributed by atoms with Crippen molar-refractivity contribution in [3.05, 3.63) is 60.2 Å². The van der Waals surface area contributed by atoms with Crippen LogP contribution in [0.5, 0.6) is 0 Å². The maximum absolute atomic E-state index is 4.22. The summed E-state index contributed by atoms with van der Waals surface area (Å²) >= 11 is 0. The summed E-state index contributed by atoms with van der Waals surface area (Å²) in [5.41, 5.74) is 2.04. The molecule has 0 amide bonds. The standard InChI is InChI=1S/C11H9N2/c1-3-7-12-10(5-1)9-11-6-2-4-8-13-11/h1,3-8H,9H2. The van der Waals surface area contributed by atoms with Gasteiger partial charge in [0, 0.05) is 30.2 Å². The summed E-state index contributed by atoms with van der Waals surface area (Å²) in [6.07, 6.45) is 4.32. The second kappa shape index (κ2) is 3.81. The van der Waals surface area contributed by atoms with E-state index in [1.165, 1.54) is 0 Å². The second-order valence-electron chi connectivity index (χ2n) is 2.75. The van der Waals surface area contributed by atoms with E-state index in [9.17, 15) is 0 Å². The van der Waals surface area contributed by atoms with E-state index >= 15 is 0 Å². The highest BCUT2D eigenvalue weighted by Gasteiger charge is 1.95. The summed E-state index contributed by atoms with van der Waals surface area (Å²) in [5, 5.41) is 0. The number of hydrogen-bond donors (Lipinski definition) is 0. The Balaban J connectivity index is 2.16. The van der Waals surface area contributed by atoms with Gasteiger partial charge in [-0.25, -0.2) is 0 Å². The van der Waals surface area contributed by atoms with Crippen LogP contribution < -0.4 is 0 Å². The molecule has 0 bridgehead atoms. The Hall–Kier alpha value is -1.70. The monoisotopic (exact) mass is 169 g/mol. The number of hydrogen-bond acceptors (Lipinski definition) is 2. The van der Waals surface area contributed by atoms with Crippen molar-refractivity contribution in [1.82, 2.24) is 9.97 Å². The molecular weight excluding hydrogens is 160 g/mol. The third-order valence-corrected chi connectivity index (χ3v) is 1.75. The van der Waals surface area contributed by atoms with Crippen molar-refractivity contribution in [2.75, 3.05) is 0 Å². The van der Waals surface area contributed by atoms with E-state index in [1.807, 2.05) is 24.3 Å². The number of aromatic nitrogens is 2. The SMILES string of the molecule is [c]1ccnc(Cc2ccccn2)c1. The fourth-order valence-corrected chi connectivity index (χ4v) is 1.14. The van der Waals surface area contributed by atoms with Crippen LogP contribution in [-0.2, 0) is 6.42 Å². The van der Waals surface area contributed by atoms with Crippen LogP contribution in [0.3, 0.4) is 0 Å². The van der Waals surface area contributed by atoms with Gasteiger partial charge in [-0.05, 0) is 30.3 Å². The lowest BCUT2D eigenvalue weighted by molar-refractivity contribution is 1.01. The van der Waals surface area contributed by atoms with E-state index in [-0.39, 0.29) is 0 Å². The molecule has 2 aromatic heterocycles. The summed E-state index contributed by atoms with van der Waals surface area (Å²) < 4.78 is 0. The minimum Gasteiger partial charge on any atom is -0.261 e. The molecule has 0 spiro atoms. The third-order valence-electron chi connectivity index (χ3n) is 1.75. The molecule has 0 aliphatic heterocycles. The first-order chi connectivity index (χ1) is 6.45. The topological polar surface area (TPSA) is 25.8 Å². The van der Waals surface area contributed by atoms with E-state index < -0.39 is 0 Å². The van der Waals surface area contributed by atoms with Crippen LogP contribution in [0.4, 0.5) is 0 Å². The molecule has 0 atom stereocenters. The van der Waals surface area contributed by atoms with Gasteiger partial charge in [0.25, 0.3) is 0 Å². The molecule has 0 saturated carbocycles. The average molecular weight is 169 g/mol. The van der Waals surface area contributed by atoms with Crippen LogP contribution in [0.2, 0.25) is 0 Å². The lowest BCUT2D eigenvalue weighted by Crippen LogP contribution is -1.93. The molecular formula is C11H9N2. The Labute approximate surface area is 77.3 Å². The molecule has 0 aliphatic carbocycles. The molecule has 2 heterocycles. The Morgan fingerprint density at radius 3 is 2.69 bits per heavy atom. The van der Waals surface area contributed by atoms with Gasteiger partial charge in [-0.1, -0.05) is 6.07 Å². The van der Waals surface area contributed by atoms with E-state index in [4.69, 9.17) is 0 Å². The smallest absolute Gasteiger partial charge is 0.0469 e. The van der Waals surface area contributed by atoms with Crippen molar-refractivity contribution >= 4 is 0 Å². The molecule has 0 aliphatic rings. The molecule has 2 heteroatoms. The summed E-state index contributed by atoms with van der Waals surface area (Å²) in [6, 6.07) is 12.6. The highest BCUT2D eigenvalue weighted by atomic mass is 14.7. The third kappa shape index (κ3) is 2.12. The molecule has 2 rings (SSSR count). The zero-order chi connectivity index (χ0) is 8.93. The maximum atomic E-state index is 4.22. The molecule has 2 aromatic rings. The summed E-state index contributed by atoms with van der Waals surface area (Å²) in [7, 11) is 0. The van der Waals surface area contributed by atoms with Crippen molar-refractivity contribution < 1.29 is 0 Å². The lowest BCUT2D eigenvalue weighted by atomic mass is 10.2. The van der Waals surface area contributed by atoms with Gasteiger partial charge in [0.15, 0.2) is 0 Å². The first-order valence-corrected chi connectivity index (χ1v) is 4.16. The van der Waals surface area contributed by atoms with Gasteiger partial charge in [0.1, 0.15) is 0 Å². The highest BCUT2D eigenvalue weighted by molar-refractivity contribution is 5.13. The van der Waals surface area contributed by atoms with Gasteiger partial charge in [0.05, 0.1) is 0 Å². The largest absolute Gasteiger partial charge is 0.261 e. The highest BCUT2D eigenvalue weighted by Crippen LogP contribution is 2.02. The van der Waals surface area contributed by atoms with Gasteiger partial charge in [-0.3, -0.25) is 9.97 Å². The Morgan fingerprint density at radius 1 is 1.08 bits per heavy atom. The van der Waals surface area contributed by atoms with Gasteiger partial charge >= 0.3 is 0 Å². The van der Waals surface area contributed by atoms with E-state index in [0.29, 0.717) is 0 Å². The van der Waals surface area contributed by atoms with Crippen LogP contribution in [0.1, 0.15) is 11.4 Å². The van der Waals surface area contributed by atoms with Crippen molar-refractivity contribution in [2.24, 2.45) is 0 Å². The Bertz CT molecular complexity index is 319. The summed E-state index contributed by atoms with van der Waals surface area (Å²) in [5.74, 6) is 0. The van der Waals surface area contributed by atoms with Gasteiger partial charge in [-0.15, -0.1) is 0 Å². The summed E-state index contributed by atoms with van der Waals surface area (Å²) in [4.78, 5) is 8.42. The van der Waals surface area contributed by atoms with Crippen molar-refractivity contribution in [1.29, 1.82) is 0 Å². The van der Waals surface area contributed by atoms with E-state index in [1.54, 1.807) is 18.5 Å². The van der Waals surface area contributed by atoms with Crippen molar-refractivity contribution in [2.45, 2.75) is 6.42 Å². The number of rotatable bonds is 2. The zero-order valence-corrected chi connectivity index (χ0v) is 7.14. The minimum absolute atomic E-state index is 0.776. The lowest BCUT2D eigenvalue weighted by Gasteiger charge is -1.97. The van der Waals surface area contributed by atoms with E-state index in [2.05, 4.69) is 16.0 Å². The number of nitrogens with zero attached hydrogens (tertiary/aromatic N) is 2. The molecule has 63 valence electrons. The second-order valence-corrected chi connectivity index (χ2v) is 2.75. The predicted molar refractivity (Wildman–Crippen MR) is 50.1 cm³/mol. The molecule has 0 fully saturated rings. The minimum atomic E-state index is 0.776. The zero-order valence-electron chi connectivity index (χ0n) is 7.14. The molecule has 1 radical (unpaired) electrons. The van der Waals surface area contributed by atoms with Gasteiger partial charge in [0.2, 0.25) is 0 Å². The molecule has 0 aromatic carbocycles. The molecule has 13 heavy (non-hydrogen) atoms. The average Bonchev–Trinajstić information content (AvgIpc) is 2.21. The Morgan fingerprint density at radius 2 is 2.00 bits per heavy atom. The first-order valence-electron chi connectivity index (χ1n) is 4.16. The molecule has 0 saturated heterocycles. The summed E-state index contributed by atoms with van der Waals surface area (Å²) in [6.45, 7) is 0. The molecule has 2 nitrogen and oxygen atoms in total. The van der Waals surface area contributed by atoms with Crippen LogP contribution in [0.15, 0.2) is 42.7 Å². The van der Waals surface area contributed by atoms with Crippen LogP contribution in [0, 0.1) is 6.07 Å². The normalized spacial score (nSPS) is 9.85. The first kappa shape index (κ1) is 7.92. The van der Waals surface area contributed by atoms with E-state index in [0.717, 1.165) is 17.8 Å². The van der Waals surface area contributed by atoms with Crippen molar-refractivity contribution in [3.63, 3.8) is 0 Å². The molecule has 0 unspecified atom stereocenters. The van der Waals surface area contributed by atoms with Gasteiger partial charge < -0.3 is 0 Å². The fourth-order valence-electron chi connectivity index (χ4n) is 1.14. The Kier molecular flexibility index (Phi) is 2.32. The van der Waals surface area contributed by atoms with Gasteiger partial charge in [-0.2, -0.15) is 0 Å². The fraction of sp³-hybridized carbons (Fsp3) is 0.0909.